The molecule has 0 aliphatic rings. The quantitative estimate of drug-likeness (QED) is 0.585. The van der Waals surface area contributed by atoms with Gasteiger partial charge in [-0.25, -0.2) is 0 Å². The van der Waals surface area contributed by atoms with Crippen molar-refractivity contribution in [2.24, 2.45) is 5.92 Å². The summed E-state index contributed by atoms with van der Waals surface area (Å²) in [6, 6.07) is 8.61. The highest BCUT2D eigenvalue weighted by molar-refractivity contribution is 5.94. The number of hydrogen-bond donors (Lipinski definition) is 2. The fraction of sp³-hybridized carbons (Fsp3) is 0.167. The van der Waals surface area contributed by atoms with E-state index in [-0.39, 0.29) is 0 Å². The molecule has 16 heavy (non-hydrogen) atoms. The molecular formula is C12H12O4. The number of carboxylic acids is 2. The first kappa shape index (κ1) is 12.0. The van der Waals surface area contributed by atoms with E-state index in [2.05, 4.69) is 6.58 Å². The second kappa shape index (κ2) is 5.11. The molecule has 0 spiro atoms. The molecule has 0 unspecified atom stereocenters. The van der Waals surface area contributed by atoms with Gasteiger partial charge in [-0.2, -0.15) is 0 Å². The third-order valence-corrected chi connectivity index (χ3v) is 2.33. The van der Waals surface area contributed by atoms with Gasteiger partial charge in [-0.05, 0) is 5.56 Å². The van der Waals surface area contributed by atoms with E-state index in [1.165, 1.54) is 6.08 Å². The van der Waals surface area contributed by atoms with Crippen LogP contribution >= 0.6 is 0 Å². The Bertz CT molecular complexity index is 383. The maximum Gasteiger partial charge on any atom is 0.318 e. The molecule has 0 saturated heterocycles. The second-order valence-corrected chi connectivity index (χ2v) is 3.33. The molecule has 0 saturated carbocycles. The minimum Gasteiger partial charge on any atom is -0.481 e. The molecule has 0 aromatic heterocycles. The summed E-state index contributed by atoms with van der Waals surface area (Å²) >= 11 is 0. The average molecular weight is 220 g/mol. The van der Waals surface area contributed by atoms with Crippen molar-refractivity contribution in [3.8, 4) is 0 Å². The summed E-state index contributed by atoms with van der Waals surface area (Å²) in [6.45, 7) is 3.50. The summed E-state index contributed by atoms with van der Waals surface area (Å²) in [5.74, 6) is -4.95. The highest BCUT2D eigenvalue weighted by Crippen LogP contribution is 2.26. The Morgan fingerprint density at radius 3 is 2.00 bits per heavy atom. The lowest BCUT2D eigenvalue weighted by Gasteiger charge is -2.17. The van der Waals surface area contributed by atoms with Crippen LogP contribution in [-0.4, -0.2) is 22.2 Å². The van der Waals surface area contributed by atoms with Crippen LogP contribution in [0.1, 0.15) is 11.5 Å². The molecule has 4 nitrogen and oxygen atoms in total. The van der Waals surface area contributed by atoms with Crippen LogP contribution in [-0.2, 0) is 9.59 Å². The van der Waals surface area contributed by atoms with Gasteiger partial charge in [0, 0.05) is 5.92 Å². The topological polar surface area (TPSA) is 74.6 Å². The molecule has 2 N–H and O–H groups in total. The van der Waals surface area contributed by atoms with Crippen molar-refractivity contribution in [1.29, 1.82) is 0 Å². The maximum atomic E-state index is 10.9. The lowest BCUT2D eigenvalue weighted by atomic mass is 9.86. The van der Waals surface area contributed by atoms with Crippen molar-refractivity contribution in [3.05, 3.63) is 48.6 Å². The van der Waals surface area contributed by atoms with Gasteiger partial charge in [0.1, 0.15) is 0 Å². The molecule has 0 amide bonds. The van der Waals surface area contributed by atoms with Crippen molar-refractivity contribution in [1.82, 2.24) is 0 Å². The van der Waals surface area contributed by atoms with E-state index in [0.29, 0.717) is 5.56 Å². The van der Waals surface area contributed by atoms with E-state index in [9.17, 15) is 9.59 Å². The lowest BCUT2D eigenvalue weighted by Crippen LogP contribution is -2.28. The van der Waals surface area contributed by atoms with E-state index < -0.39 is 23.8 Å². The highest BCUT2D eigenvalue weighted by atomic mass is 16.4. The van der Waals surface area contributed by atoms with Crippen molar-refractivity contribution >= 4 is 11.9 Å². The Balaban J connectivity index is 3.10. The lowest BCUT2D eigenvalue weighted by molar-refractivity contribution is -0.155. The van der Waals surface area contributed by atoms with Crippen LogP contribution in [0.5, 0.6) is 0 Å². The minimum absolute atomic E-state index is 0.632. The third kappa shape index (κ3) is 2.48. The zero-order valence-electron chi connectivity index (χ0n) is 8.54. The highest BCUT2D eigenvalue weighted by Gasteiger charge is 2.33. The van der Waals surface area contributed by atoms with E-state index >= 15 is 0 Å². The molecule has 1 rings (SSSR count). The van der Waals surface area contributed by atoms with Crippen molar-refractivity contribution in [3.63, 3.8) is 0 Å². The monoisotopic (exact) mass is 220 g/mol. The Hall–Kier alpha value is -2.10. The van der Waals surface area contributed by atoms with Crippen LogP contribution in [0.3, 0.4) is 0 Å². The smallest absolute Gasteiger partial charge is 0.318 e. The second-order valence-electron chi connectivity index (χ2n) is 3.33. The van der Waals surface area contributed by atoms with Crippen LogP contribution in [0.25, 0.3) is 0 Å². The van der Waals surface area contributed by atoms with Crippen LogP contribution in [0.15, 0.2) is 43.0 Å². The first-order chi connectivity index (χ1) is 7.57. The zero-order chi connectivity index (χ0) is 12.1. The molecule has 0 heterocycles. The molecule has 0 bridgehead atoms. The summed E-state index contributed by atoms with van der Waals surface area (Å²) < 4.78 is 0. The first-order valence-corrected chi connectivity index (χ1v) is 4.71. The van der Waals surface area contributed by atoms with Gasteiger partial charge in [-0.3, -0.25) is 9.59 Å². The van der Waals surface area contributed by atoms with Crippen molar-refractivity contribution in [2.75, 3.05) is 0 Å². The predicted octanol–water partition coefficient (Wildman–Crippen LogP) is 1.74. The average Bonchev–Trinajstić information content (AvgIpc) is 2.25. The summed E-state index contributed by atoms with van der Waals surface area (Å²) in [5.41, 5.74) is 0.632. The molecule has 1 atom stereocenters. The SMILES string of the molecule is C=C[C@H](c1ccccc1)C(C(=O)O)C(=O)O. The Kier molecular flexibility index (Phi) is 3.83. The predicted molar refractivity (Wildman–Crippen MR) is 58.1 cm³/mol. The van der Waals surface area contributed by atoms with Gasteiger partial charge in [0.25, 0.3) is 0 Å². The fourth-order valence-corrected chi connectivity index (χ4v) is 1.55. The van der Waals surface area contributed by atoms with Crippen LogP contribution < -0.4 is 0 Å². The van der Waals surface area contributed by atoms with Crippen LogP contribution in [0, 0.1) is 5.92 Å². The largest absolute Gasteiger partial charge is 0.481 e. The van der Waals surface area contributed by atoms with E-state index in [4.69, 9.17) is 10.2 Å². The van der Waals surface area contributed by atoms with E-state index in [1.807, 2.05) is 0 Å². The van der Waals surface area contributed by atoms with Crippen molar-refractivity contribution in [2.45, 2.75) is 5.92 Å². The van der Waals surface area contributed by atoms with Crippen molar-refractivity contribution < 1.29 is 19.8 Å². The van der Waals surface area contributed by atoms with Gasteiger partial charge in [-0.15, -0.1) is 6.58 Å². The Morgan fingerprint density at radius 1 is 1.12 bits per heavy atom. The van der Waals surface area contributed by atoms with Gasteiger partial charge in [0.15, 0.2) is 5.92 Å². The molecule has 1 aromatic carbocycles. The Labute approximate surface area is 92.8 Å². The van der Waals surface area contributed by atoms with Gasteiger partial charge < -0.3 is 10.2 Å². The number of carboxylic acid groups (broad SMARTS) is 2. The first-order valence-electron chi connectivity index (χ1n) is 4.71. The summed E-state index contributed by atoms with van der Waals surface area (Å²) in [5, 5.41) is 17.8. The number of allylic oxidation sites excluding steroid dienone is 1. The summed E-state index contributed by atoms with van der Waals surface area (Å²) in [6.07, 6.45) is 1.35. The molecule has 1 aromatic rings. The molecule has 84 valence electrons. The fourth-order valence-electron chi connectivity index (χ4n) is 1.55. The van der Waals surface area contributed by atoms with E-state index in [0.717, 1.165) is 0 Å². The summed E-state index contributed by atoms with van der Waals surface area (Å²) in [4.78, 5) is 21.8. The standard InChI is InChI=1S/C12H12O4/c1-2-9(8-6-4-3-5-7-8)10(11(13)14)12(15)16/h2-7,9-10H,1H2,(H,13,14)(H,15,16)/t9-/m1/s1. The number of benzene rings is 1. The van der Waals surface area contributed by atoms with Crippen LogP contribution in [0.4, 0.5) is 0 Å². The number of aliphatic carboxylic acids is 2. The Morgan fingerprint density at radius 2 is 1.62 bits per heavy atom. The molecule has 0 radical (unpaired) electrons. The molecule has 0 aliphatic carbocycles. The number of rotatable bonds is 5. The third-order valence-electron chi connectivity index (χ3n) is 2.33. The number of carbonyl (C=O) groups is 2. The minimum atomic E-state index is -1.50. The van der Waals surface area contributed by atoms with Gasteiger partial charge >= 0.3 is 11.9 Å². The van der Waals surface area contributed by atoms with Gasteiger partial charge in [-0.1, -0.05) is 36.4 Å². The van der Waals surface area contributed by atoms with E-state index in [1.54, 1.807) is 30.3 Å². The molecule has 0 fully saturated rings. The number of hydrogen-bond acceptors (Lipinski definition) is 2. The summed E-state index contributed by atoms with van der Waals surface area (Å²) in [7, 11) is 0. The zero-order valence-corrected chi connectivity index (χ0v) is 8.54. The molecule has 4 heteroatoms. The molecular weight excluding hydrogens is 208 g/mol. The van der Waals surface area contributed by atoms with Gasteiger partial charge in [0.2, 0.25) is 0 Å². The maximum absolute atomic E-state index is 10.9. The van der Waals surface area contributed by atoms with Crippen LogP contribution in [0.2, 0.25) is 0 Å². The van der Waals surface area contributed by atoms with Gasteiger partial charge in [0.05, 0.1) is 0 Å². The normalized spacial score (nSPS) is 12.1. The molecule has 0 aliphatic heterocycles.